The first-order valence-electron chi connectivity index (χ1n) is 7.75. The lowest BCUT2D eigenvalue weighted by atomic mass is 10.3. The number of carbonyl (C=O) groups is 1. The number of amides is 1. The molecule has 2 aromatic rings. The number of benzene rings is 1. The van der Waals surface area contributed by atoms with Gasteiger partial charge in [-0.05, 0) is 30.3 Å². The van der Waals surface area contributed by atoms with Crippen LogP contribution in [0.15, 0.2) is 42.6 Å². The summed E-state index contributed by atoms with van der Waals surface area (Å²) in [4.78, 5) is 20.9. The minimum absolute atomic E-state index is 0.0922. The number of carbonyl (C=O) groups excluding carboxylic acids is 1. The van der Waals surface area contributed by atoms with Crippen LogP contribution in [0.5, 0.6) is 0 Å². The average molecular weight is 365 g/mol. The van der Waals surface area contributed by atoms with E-state index in [2.05, 4.69) is 20.1 Å². The first-order chi connectivity index (χ1) is 11.6. The molecule has 0 bridgehead atoms. The molecule has 0 spiro atoms. The maximum Gasteiger partial charge on any atom is 0.238 e. The zero-order valence-corrected chi connectivity index (χ0v) is 14.6. The van der Waals surface area contributed by atoms with Crippen molar-refractivity contribution in [1.82, 2.24) is 9.88 Å². The van der Waals surface area contributed by atoms with E-state index in [0.717, 1.165) is 32.0 Å². The fraction of sp³-hybridized carbons (Fsp3) is 0.294. The molecule has 1 aliphatic rings. The maximum atomic E-state index is 12.2. The molecule has 1 amide bonds. The molecule has 1 fully saturated rings. The topological polar surface area (TPSA) is 48.5 Å². The summed E-state index contributed by atoms with van der Waals surface area (Å²) in [5.41, 5.74) is 0.543. The van der Waals surface area contributed by atoms with Crippen LogP contribution in [0.1, 0.15) is 0 Å². The molecule has 3 rings (SSSR count). The van der Waals surface area contributed by atoms with Crippen molar-refractivity contribution in [2.24, 2.45) is 0 Å². The van der Waals surface area contributed by atoms with Gasteiger partial charge in [-0.25, -0.2) is 4.98 Å². The second-order valence-electron chi connectivity index (χ2n) is 5.62. The molecule has 1 aliphatic heterocycles. The van der Waals surface area contributed by atoms with Crippen molar-refractivity contribution in [3.8, 4) is 0 Å². The Morgan fingerprint density at radius 2 is 1.92 bits per heavy atom. The number of anilines is 2. The van der Waals surface area contributed by atoms with Crippen LogP contribution in [0.4, 0.5) is 11.5 Å². The Balaban J connectivity index is 1.51. The summed E-state index contributed by atoms with van der Waals surface area (Å²) in [6, 6.07) is 10.9. The standard InChI is InChI=1S/C17H18Cl2N4O/c18-13-4-5-14(19)15(11-13)21-17(24)12-22-7-9-23(10-8-22)16-3-1-2-6-20-16/h1-6,11H,7-10,12H2,(H,21,24). The van der Waals surface area contributed by atoms with Crippen LogP contribution >= 0.6 is 23.2 Å². The van der Waals surface area contributed by atoms with Gasteiger partial charge in [-0.3, -0.25) is 9.69 Å². The van der Waals surface area contributed by atoms with Crippen molar-refractivity contribution in [3.63, 3.8) is 0 Å². The Bertz CT molecular complexity index is 703. The molecule has 1 aromatic carbocycles. The maximum absolute atomic E-state index is 12.2. The second kappa shape index (κ2) is 7.83. The van der Waals surface area contributed by atoms with E-state index in [1.54, 1.807) is 24.4 Å². The molecule has 0 unspecified atom stereocenters. The van der Waals surface area contributed by atoms with Gasteiger partial charge in [0.25, 0.3) is 0 Å². The van der Waals surface area contributed by atoms with E-state index in [1.165, 1.54) is 0 Å². The van der Waals surface area contributed by atoms with Gasteiger partial charge in [0.1, 0.15) is 5.82 Å². The van der Waals surface area contributed by atoms with E-state index in [0.29, 0.717) is 22.3 Å². The lowest BCUT2D eigenvalue weighted by molar-refractivity contribution is -0.117. The van der Waals surface area contributed by atoms with E-state index >= 15 is 0 Å². The van der Waals surface area contributed by atoms with Gasteiger partial charge in [-0.2, -0.15) is 0 Å². The Hall–Kier alpha value is -1.82. The molecule has 1 aromatic heterocycles. The van der Waals surface area contributed by atoms with Crippen molar-refractivity contribution in [3.05, 3.63) is 52.6 Å². The number of nitrogens with zero attached hydrogens (tertiary/aromatic N) is 3. The lowest BCUT2D eigenvalue weighted by Crippen LogP contribution is -2.48. The fourth-order valence-electron chi connectivity index (χ4n) is 2.66. The first kappa shape index (κ1) is 17.0. The first-order valence-corrected chi connectivity index (χ1v) is 8.50. The third-order valence-electron chi connectivity index (χ3n) is 3.92. The fourth-order valence-corrected chi connectivity index (χ4v) is 3.00. The van der Waals surface area contributed by atoms with E-state index < -0.39 is 0 Å². The van der Waals surface area contributed by atoms with Gasteiger partial charge in [0.05, 0.1) is 17.3 Å². The number of piperazine rings is 1. The molecule has 1 saturated heterocycles. The summed E-state index contributed by atoms with van der Waals surface area (Å²) >= 11 is 12.0. The summed E-state index contributed by atoms with van der Waals surface area (Å²) in [5.74, 6) is 0.887. The molecule has 0 atom stereocenters. The smallest absolute Gasteiger partial charge is 0.238 e. The van der Waals surface area contributed by atoms with Gasteiger partial charge in [0.2, 0.25) is 5.91 Å². The molecule has 24 heavy (non-hydrogen) atoms. The molecule has 7 heteroatoms. The Morgan fingerprint density at radius 3 is 2.62 bits per heavy atom. The van der Waals surface area contributed by atoms with Crippen LogP contribution in [0.3, 0.4) is 0 Å². The molecule has 1 N–H and O–H groups in total. The summed E-state index contributed by atoms with van der Waals surface area (Å²) in [6.45, 7) is 3.66. The number of hydrogen-bond acceptors (Lipinski definition) is 4. The highest BCUT2D eigenvalue weighted by Crippen LogP contribution is 2.25. The number of nitrogens with one attached hydrogen (secondary N) is 1. The predicted molar refractivity (Wildman–Crippen MR) is 98.0 cm³/mol. The largest absolute Gasteiger partial charge is 0.354 e. The van der Waals surface area contributed by atoms with Gasteiger partial charge in [0, 0.05) is 37.4 Å². The Labute approximate surface area is 151 Å². The third-order valence-corrected chi connectivity index (χ3v) is 4.48. The van der Waals surface area contributed by atoms with Crippen LogP contribution in [-0.4, -0.2) is 48.5 Å². The van der Waals surface area contributed by atoms with Crippen molar-refractivity contribution in [1.29, 1.82) is 0 Å². The Morgan fingerprint density at radius 1 is 1.12 bits per heavy atom. The molecular weight excluding hydrogens is 347 g/mol. The SMILES string of the molecule is O=C(CN1CCN(c2ccccn2)CC1)Nc1cc(Cl)ccc1Cl. The average Bonchev–Trinajstić information content (AvgIpc) is 2.59. The van der Waals surface area contributed by atoms with Crippen molar-refractivity contribution >= 4 is 40.6 Å². The zero-order valence-electron chi connectivity index (χ0n) is 13.1. The van der Waals surface area contributed by atoms with Gasteiger partial charge < -0.3 is 10.2 Å². The number of hydrogen-bond donors (Lipinski definition) is 1. The predicted octanol–water partition coefficient (Wildman–Crippen LogP) is 3.15. The monoisotopic (exact) mass is 364 g/mol. The lowest BCUT2D eigenvalue weighted by Gasteiger charge is -2.34. The molecule has 2 heterocycles. The Kier molecular flexibility index (Phi) is 5.56. The molecule has 5 nitrogen and oxygen atoms in total. The van der Waals surface area contributed by atoms with Crippen molar-refractivity contribution < 1.29 is 4.79 Å². The number of pyridine rings is 1. The molecule has 0 aliphatic carbocycles. The quantitative estimate of drug-likeness (QED) is 0.905. The van der Waals surface area contributed by atoms with Gasteiger partial charge in [-0.1, -0.05) is 29.3 Å². The molecule has 126 valence electrons. The minimum Gasteiger partial charge on any atom is -0.354 e. The molecule has 0 saturated carbocycles. The van der Waals surface area contributed by atoms with E-state index in [9.17, 15) is 4.79 Å². The van der Waals surface area contributed by atoms with E-state index in [1.807, 2.05) is 18.2 Å². The number of aromatic nitrogens is 1. The summed E-state index contributed by atoms with van der Waals surface area (Å²) in [5, 5.41) is 3.84. The highest BCUT2D eigenvalue weighted by atomic mass is 35.5. The minimum atomic E-state index is -0.0922. The van der Waals surface area contributed by atoms with Gasteiger partial charge >= 0.3 is 0 Å². The van der Waals surface area contributed by atoms with Gasteiger partial charge in [-0.15, -0.1) is 0 Å². The van der Waals surface area contributed by atoms with Gasteiger partial charge in [0.15, 0.2) is 0 Å². The van der Waals surface area contributed by atoms with Crippen LogP contribution in [0.2, 0.25) is 10.0 Å². The third kappa shape index (κ3) is 4.38. The highest BCUT2D eigenvalue weighted by Gasteiger charge is 2.20. The van der Waals surface area contributed by atoms with Crippen LogP contribution in [0, 0.1) is 0 Å². The van der Waals surface area contributed by atoms with E-state index in [-0.39, 0.29) is 5.91 Å². The van der Waals surface area contributed by atoms with Crippen LogP contribution < -0.4 is 10.2 Å². The molecular formula is C17H18Cl2N4O. The highest BCUT2D eigenvalue weighted by molar-refractivity contribution is 6.35. The summed E-state index contributed by atoms with van der Waals surface area (Å²) < 4.78 is 0. The molecule has 0 radical (unpaired) electrons. The van der Waals surface area contributed by atoms with Crippen LogP contribution in [-0.2, 0) is 4.79 Å². The number of halogens is 2. The van der Waals surface area contributed by atoms with E-state index in [4.69, 9.17) is 23.2 Å². The summed E-state index contributed by atoms with van der Waals surface area (Å²) in [7, 11) is 0. The zero-order chi connectivity index (χ0) is 16.9. The van der Waals surface area contributed by atoms with Crippen molar-refractivity contribution in [2.75, 3.05) is 42.9 Å². The van der Waals surface area contributed by atoms with Crippen LogP contribution in [0.25, 0.3) is 0 Å². The summed E-state index contributed by atoms with van der Waals surface area (Å²) in [6.07, 6.45) is 1.80. The van der Waals surface area contributed by atoms with Crippen molar-refractivity contribution in [2.45, 2.75) is 0 Å². The second-order valence-corrected chi connectivity index (χ2v) is 6.47. The normalized spacial score (nSPS) is 15.3. The number of rotatable bonds is 4.